The Bertz CT molecular complexity index is 30.9. The van der Waals surface area contributed by atoms with E-state index in [-0.39, 0.29) is 17.1 Å². The topological polar surface area (TPSA) is 0 Å². The third-order valence-corrected chi connectivity index (χ3v) is 1.00. The van der Waals surface area contributed by atoms with Crippen molar-refractivity contribution in [1.29, 1.82) is 0 Å². The summed E-state index contributed by atoms with van der Waals surface area (Å²) >= 11 is 9.39. The van der Waals surface area contributed by atoms with Crippen LogP contribution in [0.15, 0.2) is 0 Å². The number of hydrogen-bond donors (Lipinski definition) is 1. The SMILES string of the molecule is CCCC(S)Cl.Cl. The maximum absolute atomic E-state index is 5.44. The molecule has 3 heteroatoms. The summed E-state index contributed by atoms with van der Waals surface area (Å²) in [6.45, 7) is 2.09. The molecule has 0 aromatic carbocycles. The van der Waals surface area contributed by atoms with Gasteiger partial charge in [0, 0.05) is 0 Å². The second-order valence-corrected chi connectivity index (χ2v) is 2.68. The van der Waals surface area contributed by atoms with Gasteiger partial charge in [-0.15, -0.1) is 24.0 Å². The molecule has 0 aliphatic carbocycles. The number of alkyl halides is 1. The highest BCUT2D eigenvalue weighted by Crippen LogP contribution is 2.06. The summed E-state index contributed by atoms with van der Waals surface area (Å²) in [5.41, 5.74) is 0. The first kappa shape index (κ1) is 10.8. The largest absolute Gasteiger partial charge is 0.160 e. The van der Waals surface area contributed by atoms with Crippen molar-refractivity contribution in [3.63, 3.8) is 0 Å². The molecule has 0 aromatic heterocycles. The van der Waals surface area contributed by atoms with Gasteiger partial charge in [0.1, 0.15) is 0 Å². The van der Waals surface area contributed by atoms with Gasteiger partial charge in [-0.25, -0.2) is 0 Å². The third-order valence-electron chi connectivity index (χ3n) is 0.527. The summed E-state index contributed by atoms with van der Waals surface area (Å²) < 4.78 is 0.0648. The molecule has 0 saturated carbocycles. The van der Waals surface area contributed by atoms with Crippen molar-refractivity contribution in [2.24, 2.45) is 0 Å². The van der Waals surface area contributed by atoms with E-state index in [4.69, 9.17) is 11.6 Å². The summed E-state index contributed by atoms with van der Waals surface area (Å²) in [7, 11) is 0. The van der Waals surface area contributed by atoms with E-state index >= 15 is 0 Å². The molecular weight excluding hydrogens is 151 g/mol. The molecule has 1 atom stereocenters. The van der Waals surface area contributed by atoms with Gasteiger partial charge in [0.05, 0.1) is 4.71 Å². The second-order valence-electron chi connectivity index (χ2n) is 1.22. The standard InChI is InChI=1S/C4H9ClS.ClH/c1-2-3-4(5)6;/h4,6H,2-3H2,1H3;1H. The van der Waals surface area contributed by atoms with Gasteiger partial charge in [-0.1, -0.05) is 13.3 Å². The van der Waals surface area contributed by atoms with Crippen LogP contribution in [-0.2, 0) is 0 Å². The van der Waals surface area contributed by atoms with Crippen molar-refractivity contribution in [1.82, 2.24) is 0 Å². The molecule has 0 aliphatic rings. The zero-order chi connectivity index (χ0) is 4.99. The molecule has 7 heavy (non-hydrogen) atoms. The molecule has 0 bridgehead atoms. The fraction of sp³-hybridized carbons (Fsp3) is 1.00. The lowest BCUT2D eigenvalue weighted by Gasteiger charge is -1.92. The van der Waals surface area contributed by atoms with Crippen LogP contribution in [0, 0.1) is 0 Å². The van der Waals surface area contributed by atoms with E-state index in [9.17, 15) is 0 Å². The van der Waals surface area contributed by atoms with E-state index in [2.05, 4.69) is 19.6 Å². The van der Waals surface area contributed by atoms with Crippen LogP contribution < -0.4 is 0 Å². The highest BCUT2D eigenvalue weighted by Gasteiger charge is 1.89. The Morgan fingerprint density at radius 1 is 1.71 bits per heavy atom. The second kappa shape index (κ2) is 6.93. The highest BCUT2D eigenvalue weighted by atomic mass is 35.5. The monoisotopic (exact) mass is 160 g/mol. The average molecular weight is 161 g/mol. The predicted octanol–water partition coefficient (Wildman–Crippen LogP) is 2.70. The van der Waals surface area contributed by atoms with Crippen molar-refractivity contribution >= 4 is 36.6 Å². The lowest BCUT2D eigenvalue weighted by atomic mass is 10.4. The zero-order valence-corrected chi connectivity index (χ0v) is 6.69. The molecule has 0 N–H and O–H groups in total. The Labute approximate surface area is 61.4 Å². The molecule has 46 valence electrons. The molecule has 0 radical (unpaired) electrons. The molecule has 0 saturated heterocycles. The van der Waals surface area contributed by atoms with E-state index in [1.807, 2.05) is 0 Å². The molecule has 0 amide bonds. The first-order valence-corrected chi connectivity index (χ1v) is 3.04. The van der Waals surface area contributed by atoms with Crippen LogP contribution in [0.3, 0.4) is 0 Å². The Morgan fingerprint density at radius 3 is 2.14 bits per heavy atom. The van der Waals surface area contributed by atoms with Crippen molar-refractivity contribution < 1.29 is 0 Å². The maximum atomic E-state index is 5.44. The van der Waals surface area contributed by atoms with Gasteiger partial charge in [-0.3, -0.25) is 0 Å². The van der Waals surface area contributed by atoms with Gasteiger partial charge in [-0.2, -0.15) is 12.6 Å². The zero-order valence-electron chi connectivity index (χ0n) is 4.22. The molecule has 0 spiro atoms. The molecule has 0 aromatic rings. The minimum atomic E-state index is 0. The van der Waals surface area contributed by atoms with Gasteiger partial charge in [0.2, 0.25) is 0 Å². The Kier molecular flexibility index (Phi) is 10.7. The van der Waals surface area contributed by atoms with Gasteiger partial charge < -0.3 is 0 Å². The van der Waals surface area contributed by atoms with E-state index in [0.29, 0.717) is 0 Å². The number of thiol groups is 1. The van der Waals surface area contributed by atoms with Crippen molar-refractivity contribution in [3.05, 3.63) is 0 Å². The summed E-state index contributed by atoms with van der Waals surface area (Å²) in [5, 5.41) is 0. The van der Waals surface area contributed by atoms with Gasteiger partial charge >= 0.3 is 0 Å². The molecule has 0 rings (SSSR count). The molecule has 0 aliphatic heterocycles. The van der Waals surface area contributed by atoms with Crippen LogP contribution in [0.2, 0.25) is 0 Å². The van der Waals surface area contributed by atoms with E-state index in [1.165, 1.54) is 0 Å². The fourth-order valence-corrected chi connectivity index (χ4v) is 0.715. The van der Waals surface area contributed by atoms with Gasteiger partial charge in [-0.05, 0) is 6.42 Å². The van der Waals surface area contributed by atoms with Crippen molar-refractivity contribution in [2.75, 3.05) is 0 Å². The van der Waals surface area contributed by atoms with Crippen molar-refractivity contribution in [2.45, 2.75) is 24.5 Å². The Balaban J connectivity index is 0. The third kappa shape index (κ3) is 10.9. The molecular formula is C4H10Cl2S. The minimum absolute atomic E-state index is 0. The highest BCUT2D eigenvalue weighted by molar-refractivity contribution is 7.82. The first-order chi connectivity index (χ1) is 2.77. The van der Waals surface area contributed by atoms with Gasteiger partial charge in [0.15, 0.2) is 0 Å². The quantitative estimate of drug-likeness (QED) is 0.467. The number of rotatable bonds is 2. The molecule has 0 fully saturated rings. The van der Waals surface area contributed by atoms with Crippen LogP contribution in [0.1, 0.15) is 19.8 Å². The summed E-state index contributed by atoms with van der Waals surface area (Å²) in [6.07, 6.45) is 2.13. The summed E-state index contributed by atoms with van der Waals surface area (Å²) in [5.74, 6) is 0. The van der Waals surface area contributed by atoms with Gasteiger partial charge in [0.25, 0.3) is 0 Å². The smallest absolute Gasteiger partial charge is 0.0759 e. The number of hydrogen-bond acceptors (Lipinski definition) is 1. The Morgan fingerprint density at radius 2 is 2.14 bits per heavy atom. The van der Waals surface area contributed by atoms with Crippen molar-refractivity contribution in [3.8, 4) is 0 Å². The maximum Gasteiger partial charge on any atom is 0.0759 e. The number of halogens is 2. The Hall–Kier alpha value is 0.930. The normalized spacial score (nSPS) is 12.4. The summed E-state index contributed by atoms with van der Waals surface area (Å²) in [6, 6.07) is 0. The summed E-state index contributed by atoms with van der Waals surface area (Å²) in [4.78, 5) is 0. The van der Waals surface area contributed by atoms with E-state index < -0.39 is 0 Å². The van der Waals surface area contributed by atoms with E-state index in [1.54, 1.807) is 0 Å². The van der Waals surface area contributed by atoms with Crippen LogP contribution in [-0.4, -0.2) is 4.71 Å². The lowest BCUT2D eigenvalue weighted by Crippen LogP contribution is -1.81. The van der Waals surface area contributed by atoms with Crippen LogP contribution in [0.25, 0.3) is 0 Å². The fourth-order valence-electron chi connectivity index (χ4n) is 0.238. The van der Waals surface area contributed by atoms with E-state index in [0.717, 1.165) is 12.8 Å². The van der Waals surface area contributed by atoms with Crippen LogP contribution in [0.4, 0.5) is 0 Å². The first-order valence-electron chi connectivity index (χ1n) is 2.09. The molecule has 0 nitrogen and oxygen atoms in total. The van der Waals surface area contributed by atoms with Crippen LogP contribution >= 0.6 is 36.6 Å². The average Bonchev–Trinajstić information content (AvgIpc) is 1.35. The van der Waals surface area contributed by atoms with Crippen LogP contribution in [0.5, 0.6) is 0 Å². The lowest BCUT2D eigenvalue weighted by molar-refractivity contribution is 0.868. The predicted molar refractivity (Wildman–Crippen MR) is 40.8 cm³/mol. The minimum Gasteiger partial charge on any atom is -0.160 e. The molecule has 0 heterocycles. The molecule has 1 unspecified atom stereocenters.